The van der Waals surface area contributed by atoms with Gasteiger partial charge in [0.05, 0.1) is 26.4 Å². The van der Waals surface area contributed by atoms with E-state index in [4.69, 9.17) is 18.9 Å². The summed E-state index contributed by atoms with van der Waals surface area (Å²) in [6.45, 7) is 0.0165. The molecule has 0 radical (unpaired) electrons. The quantitative estimate of drug-likeness (QED) is 0.746. The van der Waals surface area contributed by atoms with Gasteiger partial charge in [-0.2, -0.15) is 5.21 Å². The molecule has 1 aliphatic rings. The van der Waals surface area contributed by atoms with E-state index in [2.05, 4.69) is 20.6 Å². The molecule has 0 atom stereocenters. The summed E-state index contributed by atoms with van der Waals surface area (Å²) >= 11 is 0. The van der Waals surface area contributed by atoms with E-state index in [-0.39, 0.29) is 30.6 Å². The van der Waals surface area contributed by atoms with E-state index >= 15 is 0 Å². The Balaban J connectivity index is 1.90. The van der Waals surface area contributed by atoms with E-state index in [0.29, 0.717) is 11.4 Å². The zero-order valence-electron chi connectivity index (χ0n) is 14.0. The van der Waals surface area contributed by atoms with E-state index in [1.807, 2.05) is 0 Å². The zero-order valence-corrected chi connectivity index (χ0v) is 14.0. The van der Waals surface area contributed by atoms with Gasteiger partial charge in [-0.25, -0.2) is 9.59 Å². The molecule has 0 amide bonds. The van der Waals surface area contributed by atoms with Crippen LogP contribution in [0.5, 0.6) is 11.8 Å². The number of H-pyrrole nitrogens is 1. The van der Waals surface area contributed by atoms with Gasteiger partial charge in [-0.15, -0.1) is 0 Å². The summed E-state index contributed by atoms with van der Waals surface area (Å²) in [6, 6.07) is 6.73. The lowest BCUT2D eigenvalue weighted by atomic mass is 10.1. The molecule has 2 aromatic rings. The number of hydrogen-bond donors (Lipinski definition) is 1. The highest BCUT2D eigenvalue weighted by molar-refractivity contribution is 6.03. The number of benzene rings is 1. The number of methoxy groups -OCH3 is 2. The van der Waals surface area contributed by atoms with Crippen LogP contribution in [0, 0.1) is 0 Å². The minimum atomic E-state index is -0.666. The maximum absolute atomic E-state index is 12.2. The van der Waals surface area contributed by atoms with Crippen molar-refractivity contribution in [1.82, 2.24) is 20.6 Å². The number of anilines is 1. The number of aromatic nitrogens is 4. The number of carbonyl (C=O) groups excluding carboxylic acids is 2. The van der Waals surface area contributed by atoms with E-state index in [1.165, 1.54) is 19.1 Å². The monoisotopic (exact) mass is 361 g/mol. The molecule has 2 heterocycles. The SMILES string of the molecule is COC(=O)C1=C(C(=O)OC)N(c2ccc(Oc3nn[nH]n3)cc2)COC1. The Hall–Kier alpha value is -3.47. The molecule has 3 rings (SSSR count). The van der Waals surface area contributed by atoms with E-state index in [0.717, 1.165) is 0 Å². The molecule has 0 fully saturated rings. The molecular formula is C15H15N5O6. The Morgan fingerprint density at radius 2 is 1.88 bits per heavy atom. The Labute approximate surface area is 147 Å². The van der Waals surface area contributed by atoms with Gasteiger partial charge in [-0.1, -0.05) is 10.2 Å². The number of nitrogens with zero attached hydrogens (tertiary/aromatic N) is 4. The average Bonchev–Trinajstić information content (AvgIpc) is 3.19. The molecule has 0 saturated carbocycles. The fourth-order valence-electron chi connectivity index (χ4n) is 2.34. The third-order valence-corrected chi connectivity index (χ3v) is 3.52. The largest absolute Gasteiger partial charge is 0.466 e. The minimum absolute atomic E-state index is 0.0490. The average molecular weight is 361 g/mol. The molecule has 26 heavy (non-hydrogen) atoms. The number of aromatic amines is 1. The van der Waals surface area contributed by atoms with Gasteiger partial charge in [0, 0.05) is 5.69 Å². The van der Waals surface area contributed by atoms with Crippen molar-refractivity contribution < 1.29 is 28.5 Å². The fraction of sp³-hybridized carbons (Fsp3) is 0.267. The Morgan fingerprint density at radius 1 is 1.15 bits per heavy atom. The lowest BCUT2D eigenvalue weighted by Crippen LogP contribution is -2.38. The van der Waals surface area contributed by atoms with Crippen LogP contribution in [0.3, 0.4) is 0 Å². The van der Waals surface area contributed by atoms with Gasteiger partial charge in [0.2, 0.25) is 0 Å². The lowest BCUT2D eigenvalue weighted by Gasteiger charge is -2.31. The Morgan fingerprint density at radius 3 is 2.50 bits per heavy atom. The maximum Gasteiger partial charge on any atom is 0.361 e. The Kier molecular flexibility index (Phi) is 5.08. The molecule has 136 valence electrons. The van der Waals surface area contributed by atoms with Crippen LogP contribution in [0.2, 0.25) is 0 Å². The number of carbonyl (C=O) groups is 2. The number of esters is 2. The second-order valence-electron chi connectivity index (χ2n) is 5.01. The van der Waals surface area contributed by atoms with E-state index in [9.17, 15) is 9.59 Å². The molecule has 0 bridgehead atoms. The molecule has 0 unspecified atom stereocenters. The van der Waals surface area contributed by atoms with Crippen LogP contribution in [0.25, 0.3) is 0 Å². The maximum atomic E-state index is 12.2. The third-order valence-electron chi connectivity index (χ3n) is 3.52. The second-order valence-corrected chi connectivity index (χ2v) is 5.01. The number of tetrazole rings is 1. The molecule has 0 saturated heterocycles. The smallest absolute Gasteiger partial charge is 0.361 e. The zero-order chi connectivity index (χ0) is 18.5. The second kappa shape index (κ2) is 7.61. The van der Waals surface area contributed by atoms with Crippen LogP contribution in [-0.2, 0) is 23.8 Å². The summed E-state index contributed by atoms with van der Waals surface area (Å²) in [5.74, 6) is -0.863. The number of ether oxygens (including phenoxy) is 4. The van der Waals surface area contributed by atoms with Crippen molar-refractivity contribution in [1.29, 1.82) is 0 Å². The van der Waals surface area contributed by atoms with Crippen molar-refractivity contribution in [2.75, 3.05) is 32.5 Å². The van der Waals surface area contributed by atoms with Crippen molar-refractivity contribution >= 4 is 17.6 Å². The highest BCUT2D eigenvalue weighted by Gasteiger charge is 2.32. The van der Waals surface area contributed by atoms with Crippen LogP contribution in [0.15, 0.2) is 35.5 Å². The first kappa shape index (κ1) is 17.4. The lowest BCUT2D eigenvalue weighted by molar-refractivity contribution is -0.140. The third kappa shape index (κ3) is 3.47. The molecule has 0 aliphatic carbocycles. The predicted molar refractivity (Wildman–Crippen MR) is 85.0 cm³/mol. The van der Waals surface area contributed by atoms with Gasteiger partial charge in [0.1, 0.15) is 18.2 Å². The summed E-state index contributed by atoms with van der Waals surface area (Å²) in [5, 5.41) is 13.0. The van der Waals surface area contributed by atoms with Crippen LogP contribution in [0.4, 0.5) is 5.69 Å². The summed E-state index contributed by atoms with van der Waals surface area (Å²) < 4.78 is 20.3. The molecule has 1 aliphatic heterocycles. The summed E-state index contributed by atoms with van der Waals surface area (Å²) in [5.41, 5.74) is 0.738. The van der Waals surface area contributed by atoms with Crippen LogP contribution < -0.4 is 9.64 Å². The number of rotatable bonds is 5. The first-order valence-electron chi connectivity index (χ1n) is 7.40. The van der Waals surface area contributed by atoms with Crippen LogP contribution >= 0.6 is 0 Å². The van der Waals surface area contributed by atoms with E-state index in [1.54, 1.807) is 24.3 Å². The number of nitrogens with one attached hydrogen (secondary N) is 1. The normalized spacial score (nSPS) is 14.2. The molecule has 1 aromatic carbocycles. The van der Waals surface area contributed by atoms with Gasteiger partial charge in [-0.3, -0.25) is 0 Å². The molecular weight excluding hydrogens is 346 g/mol. The van der Waals surface area contributed by atoms with Gasteiger partial charge in [0.25, 0.3) is 0 Å². The highest BCUT2D eigenvalue weighted by atomic mass is 16.5. The first-order chi connectivity index (χ1) is 12.6. The van der Waals surface area contributed by atoms with Crippen LogP contribution in [0.1, 0.15) is 0 Å². The Bertz CT molecular complexity index is 818. The fourth-order valence-corrected chi connectivity index (χ4v) is 2.34. The molecule has 1 aromatic heterocycles. The van der Waals surface area contributed by atoms with Crippen molar-refractivity contribution in [3.63, 3.8) is 0 Å². The minimum Gasteiger partial charge on any atom is -0.466 e. The van der Waals surface area contributed by atoms with Crippen molar-refractivity contribution in [3.8, 4) is 11.8 Å². The van der Waals surface area contributed by atoms with Gasteiger partial charge in [-0.05, 0) is 29.5 Å². The first-order valence-corrected chi connectivity index (χ1v) is 7.40. The molecule has 0 spiro atoms. The molecule has 11 nitrogen and oxygen atoms in total. The van der Waals surface area contributed by atoms with Crippen LogP contribution in [-0.4, -0.2) is 60.1 Å². The van der Waals surface area contributed by atoms with Crippen molar-refractivity contribution in [2.45, 2.75) is 0 Å². The van der Waals surface area contributed by atoms with Gasteiger partial charge < -0.3 is 23.8 Å². The van der Waals surface area contributed by atoms with Gasteiger partial charge in [0.15, 0.2) is 0 Å². The number of hydrogen-bond acceptors (Lipinski definition) is 10. The standard InChI is InChI=1S/C15H15N5O6/c1-23-13(21)11-7-25-8-20(12(11)14(22)24-2)9-3-5-10(6-4-9)26-15-16-18-19-17-15/h3-6H,7-8H2,1-2H3,(H,16,17,18,19). The van der Waals surface area contributed by atoms with Crippen molar-refractivity contribution in [3.05, 3.63) is 35.5 Å². The van der Waals surface area contributed by atoms with Crippen molar-refractivity contribution in [2.24, 2.45) is 0 Å². The topological polar surface area (TPSA) is 129 Å². The predicted octanol–water partition coefficient (Wildman–Crippen LogP) is 0.386. The van der Waals surface area contributed by atoms with E-state index < -0.39 is 11.9 Å². The summed E-state index contributed by atoms with van der Waals surface area (Å²) in [6.07, 6.45) is 0. The highest BCUT2D eigenvalue weighted by Crippen LogP contribution is 2.28. The summed E-state index contributed by atoms with van der Waals surface area (Å²) in [7, 11) is 2.47. The van der Waals surface area contributed by atoms with Gasteiger partial charge >= 0.3 is 17.9 Å². The summed E-state index contributed by atoms with van der Waals surface area (Å²) in [4.78, 5) is 25.7. The molecule has 11 heteroatoms. The molecule has 1 N–H and O–H groups in total.